The van der Waals surface area contributed by atoms with Gasteiger partial charge in [-0.3, -0.25) is 0 Å². The molecular weight excluding hydrogens is 282 g/mol. The SMILES string of the molecule is CN(Cc1ccccc1Cl)c1ccc2cc(N)ccc2n1. The summed E-state index contributed by atoms with van der Waals surface area (Å²) in [7, 11) is 2.01. The Bertz CT molecular complexity index is 786. The third kappa shape index (κ3) is 2.93. The first-order valence-corrected chi connectivity index (χ1v) is 7.12. The fraction of sp³-hybridized carbons (Fsp3) is 0.118. The molecule has 0 fully saturated rings. The Morgan fingerprint density at radius 3 is 2.71 bits per heavy atom. The maximum atomic E-state index is 6.21. The maximum Gasteiger partial charge on any atom is 0.129 e. The summed E-state index contributed by atoms with van der Waals surface area (Å²) in [5, 5.41) is 1.82. The van der Waals surface area contributed by atoms with Crippen LogP contribution in [0.1, 0.15) is 5.56 Å². The van der Waals surface area contributed by atoms with Crippen LogP contribution in [0.25, 0.3) is 10.9 Å². The normalized spacial score (nSPS) is 10.8. The molecule has 0 aliphatic rings. The largest absolute Gasteiger partial charge is 0.399 e. The zero-order chi connectivity index (χ0) is 14.8. The van der Waals surface area contributed by atoms with Crippen molar-refractivity contribution in [3.63, 3.8) is 0 Å². The molecule has 0 aliphatic carbocycles. The van der Waals surface area contributed by atoms with Gasteiger partial charge in [0.1, 0.15) is 5.82 Å². The second-order valence-corrected chi connectivity index (χ2v) is 5.48. The number of anilines is 2. The molecule has 1 aromatic heterocycles. The molecular formula is C17H16ClN3. The number of aromatic nitrogens is 1. The zero-order valence-corrected chi connectivity index (χ0v) is 12.5. The quantitative estimate of drug-likeness (QED) is 0.740. The van der Waals surface area contributed by atoms with Crippen LogP contribution in [0.5, 0.6) is 0 Å². The number of halogens is 1. The number of fused-ring (bicyclic) bond motifs is 1. The van der Waals surface area contributed by atoms with E-state index in [2.05, 4.69) is 9.88 Å². The number of rotatable bonds is 3. The number of hydrogen-bond donors (Lipinski definition) is 1. The number of nitrogen functional groups attached to an aromatic ring is 1. The molecule has 3 rings (SSSR count). The van der Waals surface area contributed by atoms with E-state index >= 15 is 0 Å². The lowest BCUT2D eigenvalue weighted by Gasteiger charge is -2.19. The summed E-state index contributed by atoms with van der Waals surface area (Å²) in [5.74, 6) is 0.909. The van der Waals surface area contributed by atoms with E-state index in [4.69, 9.17) is 17.3 Å². The molecule has 21 heavy (non-hydrogen) atoms. The smallest absolute Gasteiger partial charge is 0.129 e. The third-order valence-electron chi connectivity index (χ3n) is 3.46. The van der Waals surface area contributed by atoms with Gasteiger partial charge >= 0.3 is 0 Å². The number of pyridine rings is 1. The van der Waals surface area contributed by atoms with Gasteiger partial charge in [-0.05, 0) is 42.0 Å². The number of nitrogens with two attached hydrogens (primary N) is 1. The lowest BCUT2D eigenvalue weighted by molar-refractivity contribution is 0.903. The molecule has 1 heterocycles. The maximum absolute atomic E-state index is 6.21. The van der Waals surface area contributed by atoms with E-state index in [0.29, 0.717) is 6.54 Å². The second-order valence-electron chi connectivity index (χ2n) is 5.07. The van der Waals surface area contributed by atoms with Gasteiger partial charge in [0, 0.05) is 29.7 Å². The molecule has 0 bridgehead atoms. The Hall–Kier alpha value is -2.26. The van der Waals surface area contributed by atoms with Gasteiger partial charge in [-0.15, -0.1) is 0 Å². The van der Waals surface area contributed by atoms with Crippen LogP contribution in [-0.2, 0) is 6.54 Å². The van der Waals surface area contributed by atoms with Crippen LogP contribution in [0.3, 0.4) is 0 Å². The monoisotopic (exact) mass is 297 g/mol. The van der Waals surface area contributed by atoms with Gasteiger partial charge in [-0.2, -0.15) is 0 Å². The number of nitrogens with zero attached hydrogens (tertiary/aromatic N) is 2. The first-order valence-electron chi connectivity index (χ1n) is 6.74. The highest BCUT2D eigenvalue weighted by atomic mass is 35.5. The van der Waals surface area contributed by atoms with E-state index in [-0.39, 0.29) is 0 Å². The average Bonchev–Trinajstić information content (AvgIpc) is 2.49. The summed E-state index contributed by atoms with van der Waals surface area (Å²) in [6.45, 7) is 0.715. The van der Waals surface area contributed by atoms with Gasteiger partial charge in [-0.1, -0.05) is 29.8 Å². The molecule has 3 aromatic rings. The molecule has 2 aromatic carbocycles. The Labute approximate surface area is 129 Å². The van der Waals surface area contributed by atoms with Crippen molar-refractivity contribution in [2.75, 3.05) is 17.7 Å². The fourth-order valence-corrected chi connectivity index (χ4v) is 2.50. The summed E-state index contributed by atoms with van der Waals surface area (Å²) in [4.78, 5) is 6.75. The van der Waals surface area contributed by atoms with Crippen molar-refractivity contribution >= 4 is 34.0 Å². The summed E-state index contributed by atoms with van der Waals surface area (Å²) < 4.78 is 0. The van der Waals surface area contributed by atoms with E-state index in [1.165, 1.54) is 0 Å². The third-order valence-corrected chi connectivity index (χ3v) is 3.82. The van der Waals surface area contributed by atoms with Crippen molar-refractivity contribution < 1.29 is 0 Å². The average molecular weight is 298 g/mol. The van der Waals surface area contributed by atoms with Crippen LogP contribution < -0.4 is 10.6 Å². The van der Waals surface area contributed by atoms with E-state index in [1.54, 1.807) is 0 Å². The molecule has 0 saturated heterocycles. The Morgan fingerprint density at radius 2 is 1.90 bits per heavy atom. The van der Waals surface area contributed by atoms with E-state index in [1.807, 2.05) is 61.6 Å². The molecule has 0 atom stereocenters. The second kappa shape index (κ2) is 5.62. The van der Waals surface area contributed by atoms with E-state index < -0.39 is 0 Å². The molecule has 0 spiro atoms. The number of hydrogen-bond acceptors (Lipinski definition) is 3. The first-order chi connectivity index (χ1) is 10.1. The van der Waals surface area contributed by atoms with Crippen molar-refractivity contribution in [1.29, 1.82) is 0 Å². The van der Waals surface area contributed by atoms with Gasteiger partial charge < -0.3 is 10.6 Å². The van der Waals surface area contributed by atoms with Crippen molar-refractivity contribution in [2.45, 2.75) is 6.54 Å². The Morgan fingerprint density at radius 1 is 1.10 bits per heavy atom. The van der Waals surface area contributed by atoms with Gasteiger partial charge in [0.15, 0.2) is 0 Å². The zero-order valence-electron chi connectivity index (χ0n) is 11.8. The summed E-state index contributed by atoms with van der Waals surface area (Å²) in [6.07, 6.45) is 0. The van der Waals surface area contributed by atoms with Crippen LogP contribution in [0.2, 0.25) is 5.02 Å². The fourth-order valence-electron chi connectivity index (χ4n) is 2.31. The van der Waals surface area contributed by atoms with Gasteiger partial charge in [0.05, 0.1) is 5.52 Å². The van der Waals surface area contributed by atoms with Crippen LogP contribution >= 0.6 is 11.6 Å². The van der Waals surface area contributed by atoms with Gasteiger partial charge in [0.2, 0.25) is 0 Å². The topological polar surface area (TPSA) is 42.1 Å². The van der Waals surface area contributed by atoms with Crippen molar-refractivity contribution in [1.82, 2.24) is 4.98 Å². The lowest BCUT2D eigenvalue weighted by atomic mass is 10.2. The minimum absolute atomic E-state index is 0.715. The molecule has 2 N–H and O–H groups in total. The summed E-state index contributed by atoms with van der Waals surface area (Å²) in [6, 6.07) is 17.6. The summed E-state index contributed by atoms with van der Waals surface area (Å²) in [5.41, 5.74) is 8.56. The van der Waals surface area contributed by atoms with Crippen LogP contribution in [0, 0.1) is 0 Å². The molecule has 0 aliphatic heterocycles. The predicted molar refractivity (Wildman–Crippen MR) is 89.7 cm³/mol. The Kier molecular flexibility index (Phi) is 3.67. The lowest BCUT2D eigenvalue weighted by Crippen LogP contribution is -2.17. The molecule has 0 radical (unpaired) electrons. The van der Waals surface area contributed by atoms with Crippen LogP contribution in [0.4, 0.5) is 11.5 Å². The first kappa shape index (κ1) is 13.7. The van der Waals surface area contributed by atoms with Crippen molar-refractivity contribution in [3.8, 4) is 0 Å². The Balaban J connectivity index is 1.89. The molecule has 4 heteroatoms. The molecule has 3 nitrogen and oxygen atoms in total. The molecule has 0 saturated carbocycles. The van der Waals surface area contributed by atoms with E-state index in [0.717, 1.165) is 33.0 Å². The molecule has 0 unspecified atom stereocenters. The minimum atomic E-state index is 0.715. The number of benzene rings is 2. The standard InChI is InChI=1S/C17H16ClN3/c1-21(11-13-4-2-3-5-15(13)18)17-9-6-12-10-14(19)7-8-16(12)20-17/h2-10H,11,19H2,1H3. The highest BCUT2D eigenvalue weighted by Gasteiger charge is 2.07. The predicted octanol–water partition coefficient (Wildman–Crippen LogP) is 4.11. The van der Waals surface area contributed by atoms with Crippen LogP contribution in [-0.4, -0.2) is 12.0 Å². The minimum Gasteiger partial charge on any atom is -0.399 e. The van der Waals surface area contributed by atoms with Gasteiger partial charge in [0.25, 0.3) is 0 Å². The highest BCUT2D eigenvalue weighted by Crippen LogP contribution is 2.22. The highest BCUT2D eigenvalue weighted by molar-refractivity contribution is 6.31. The molecule has 106 valence electrons. The van der Waals surface area contributed by atoms with E-state index in [9.17, 15) is 0 Å². The summed E-state index contributed by atoms with van der Waals surface area (Å²) >= 11 is 6.21. The van der Waals surface area contributed by atoms with Crippen molar-refractivity contribution in [3.05, 3.63) is 65.2 Å². The van der Waals surface area contributed by atoms with Crippen molar-refractivity contribution in [2.24, 2.45) is 0 Å². The van der Waals surface area contributed by atoms with Gasteiger partial charge in [-0.25, -0.2) is 4.98 Å². The van der Waals surface area contributed by atoms with Crippen LogP contribution in [0.15, 0.2) is 54.6 Å². The molecule has 0 amide bonds.